The number of aromatic nitrogens is 3. The van der Waals surface area contributed by atoms with Gasteiger partial charge in [-0.2, -0.15) is 5.10 Å². The fourth-order valence-electron chi connectivity index (χ4n) is 2.89. The van der Waals surface area contributed by atoms with Crippen molar-refractivity contribution in [2.24, 2.45) is 0 Å². The Hall–Kier alpha value is -2.70. The molecule has 0 bridgehead atoms. The second-order valence-electron chi connectivity index (χ2n) is 6.56. The monoisotopic (exact) mass is 325 g/mol. The summed E-state index contributed by atoms with van der Waals surface area (Å²) in [6, 6.07) is 5.13. The zero-order chi connectivity index (χ0) is 16.8. The van der Waals surface area contributed by atoms with Crippen LogP contribution in [0.1, 0.15) is 54.0 Å². The molecule has 2 fully saturated rings. The first-order valence-electron chi connectivity index (χ1n) is 8.16. The summed E-state index contributed by atoms with van der Waals surface area (Å²) in [6.07, 6.45) is 2.35. The molecule has 3 amide bonds. The molecule has 1 atom stereocenters. The number of nitrogens with one attached hydrogen (secondary N) is 2. The van der Waals surface area contributed by atoms with Crippen LogP contribution in [0.15, 0.2) is 18.2 Å². The Morgan fingerprint density at radius 2 is 1.96 bits per heavy atom. The summed E-state index contributed by atoms with van der Waals surface area (Å²) < 4.78 is 1.77. The van der Waals surface area contributed by atoms with Gasteiger partial charge < -0.3 is 5.32 Å². The van der Waals surface area contributed by atoms with Gasteiger partial charge in [0.1, 0.15) is 0 Å². The van der Waals surface area contributed by atoms with Crippen molar-refractivity contribution in [3.8, 4) is 5.69 Å². The number of nitrogens with zero attached hydrogens (tertiary/aromatic N) is 3. The highest BCUT2D eigenvalue weighted by molar-refractivity contribution is 5.97. The molecule has 0 radical (unpaired) electrons. The Balaban J connectivity index is 1.78. The fourth-order valence-corrected chi connectivity index (χ4v) is 2.89. The van der Waals surface area contributed by atoms with Gasteiger partial charge in [0.25, 0.3) is 0 Å². The van der Waals surface area contributed by atoms with E-state index in [0.717, 1.165) is 29.9 Å². The van der Waals surface area contributed by atoms with Gasteiger partial charge in [0, 0.05) is 5.92 Å². The third-order valence-electron chi connectivity index (χ3n) is 4.59. The van der Waals surface area contributed by atoms with Crippen LogP contribution in [0, 0.1) is 13.8 Å². The van der Waals surface area contributed by atoms with Crippen LogP contribution in [0.5, 0.6) is 0 Å². The van der Waals surface area contributed by atoms with Crippen molar-refractivity contribution in [3.05, 3.63) is 41.0 Å². The molecule has 0 unspecified atom stereocenters. The lowest BCUT2D eigenvalue weighted by molar-refractivity contribution is -0.121. The van der Waals surface area contributed by atoms with Gasteiger partial charge in [0.2, 0.25) is 5.91 Å². The van der Waals surface area contributed by atoms with Crippen molar-refractivity contribution < 1.29 is 9.59 Å². The average Bonchev–Trinajstić information content (AvgIpc) is 3.28. The molecule has 4 rings (SSSR count). The molecule has 2 N–H and O–H groups in total. The topological polar surface area (TPSA) is 88.9 Å². The Labute approximate surface area is 139 Å². The number of urea groups is 1. The molecule has 7 heteroatoms. The van der Waals surface area contributed by atoms with E-state index in [2.05, 4.69) is 33.7 Å². The molecule has 1 aliphatic heterocycles. The van der Waals surface area contributed by atoms with Crippen molar-refractivity contribution in [2.75, 3.05) is 0 Å². The first-order valence-corrected chi connectivity index (χ1v) is 8.16. The molecule has 2 aromatic rings. The number of carbonyl (C=O) groups is 2. The van der Waals surface area contributed by atoms with E-state index in [-0.39, 0.29) is 12.3 Å². The Morgan fingerprint density at radius 1 is 1.17 bits per heavy atom. The molecule has 7 nitrogen and oxygen atoms in total. The van der Waals surface area contributed by atoms with Gasteiger partial charge in [-0.1, -0.05) is 6.07 Å². The lowest BCUT2D eigenvalue weighted by Crippen LogP contribution is -2.48. The summed E-state index contributed by atoms with van der Waals surface area (Å²) in [7, 11) is 0. The van der Waals surface area contributed by atoms with E-state index in [1.54, 1.807) is 4.68 Å². The van der Waals surface area contributed by atoms with Crippen LogP contribution in [0.3, 0.4) is 0 Å². The van der Waals surface area contributed by atoms with Crippen molar-refractivity contribution in [1.29, 1.82) is 0 Å². The summed E-state index contributed by atoms with van der Waals surface area (Å²) >= 11 is 0. The first-order chi connectivity index (χ1) is 11.5. The molecule has 2 aliphatic rings. The lowest BCUT2D eigenvalue weighted by atomic mass is 10.1. The first kappa shape index (κ1) is 14.9. The molecule has 1 aromatic carbocycles. The minimum Gasteiger partial charge on any atom is -0.327 e. The number of carbonyl (C=O) groups excluding carboxylic acids is 2. The molecular weight excluding hydrogens is 306 g/mol. The second-order valence-corrected chi connectivity index (χ2v) is 6.56. The third kappa shape index (κ3) is 2.66. The van der Waals surface area contributed by atoms with Crippen molar-refractivity contribution in [2.45, 2.75) is 45.1 Å². The van der Waals surface area contributed by atoms with Crippen molar-refractivity contribution >= 4 is 11.9 Å². The summed E-state index contributed by atoms with van der Waals surface area (Å²) in [4.78, 5) is 28.0. The quantitative estimate of drug-likeness (QED) is 0.903. The van der Waals surface area contributed by atoms with E-state index in [1.165, 1.54) is 5.56 Å². The van der Waals surface area contributed by atoms with Crippen LogP contribution < -0.4 is 10.6 Å². The van der Waals surface area contributed by atoms with Crippen LogP contribution in [0.4, 0.5) is 4.79 Å². The molecule has 0 spiro atoms. The van der Waals surface area contributed by atoms with E-state index in [9.17, 15) is 9.59 Å². The van der Waals surface area contributed by atoms with E-state index < -0.39 is 12.1 Å². The summed E-state index contributed by atoms with van der Waals surface area (Å²) in [5.41, 5.74) is 3.26. The van der Waals surface area contributed by atoms with Gasteiger partial charge >= 0.3 is 6.03 Å². The number of rotatable bonds is 3. The maximum absolute atomic E-state index is 11.7. The second kappa shape index (κ2) is 5.43. The van der Waals surface area contributed by atoms with Crippen molar-refractivity contribution in [1.82, 2.24) is 25.4 Å². The van der Waals surface area contributed by atoms with Crippen LogP contribution in [-0.4, -0.2) is 26.7 Å². The largest absolute Gasteiger partial charge is 0.327 e. The highest BCUT2D eigenvalue weighted by Crippen LogP contribution is 2.39. The lowest BCUT2D eigenvalue weighted by Gasteiger charge is -2.22. The van der Waals surface area contributed by atoms with E-state index in [1.807, 2.05) is 19.1 Å². The molecule has 1 saturated carbocycles. The highest BCUT2D eigenvalue weighted by Gasteiger charge is 2.34. The number of hydrogen-bond donors (Lipinski definition) is 2. The molecule has 1 aliphatic carbocycles. The average molecular weight is 325 g/mol. The molecule has 1 saturated heterocycles. The molecule has 2 heterocycles. The van der Waals surface area contributed by atoms with Crippen LogP contribution in [0.2, 0.25) is 0 Å². The van der Waals surface area contributed by atoms with Gasteiger partial charge in [-0.3, -0.25) is 10.1 Å². The predicted molar refractivity (Wildman–Crippen MR) is 86.8 cm³/mol. The van der Waals surface area contributed by atoms with Crippen LogP contribution in [0.25, 0.3) is 5.69 Å². The summed E-state index contributed by atoms with van der Waals surface area (Å²) in [6.45, 7) is 4.11. The van der Waals surface area contributed by atoms with Crippen molar-refractivity contribution in [3.63, 3.8) is 0 Å². The smallest absolute Gasteiger partial charge is 0.322 e. The fraction of sp³-hybridized carbons (Fsp3) is 0.412. The zero-order valence-electron chi connectivity index (χ0n) is 13.7. The number of amides is 3. The summed E-state index contributed by atoms with van der Waals surface area (Å²) in [5.74, 6) is 1.50. The predicted octanol–water partition coefficient (Wildman–Crippen LogP) is 2.03. The maximum Gasteiger partial charge on any atom is 0.322 e. The van der Waals surface area contributed by atoms with E-state index in [4.69, 9.17) is 0 Å². The molecule has 1 aromatic heterocycles. The van der Waals surface area contributed by atoms with Gasteiger partial charge in [-0.15, -0.1) is 0 Å². The van der Waals surface area contributed by atoms with Gasteiger partial charge in [0.05, 0.1) is 18.2 Å². The summed E-state index contributed by atoms with van der Waals surface area (Å²) in [5, 5.41) is 9.69. The molecule has 124 valence electrons. The van der Waals surface area contributed by atoms with Crippen LogP contribution >= 0.6 is 0 Å². The molecule has 24 heavy (non-hydrogen) atoms. The van der Waals surface area contributed by atoms with Gasteiger partial charge in [0.15, 0.2) is 11.6 Å². The minimum atomic E-state index is -0.487. The van der Waals surface area contributed by atoms with E-state index >= 15 is 0 Å². The number of imide groups is 1. The van der Waals surface area contributed by atoms with E-state index in [0.29, 0.717) is 11.7 Å². The normalized spacial score (nSPS) is 20.7. The standard InChI is InChI=1S/C17H19N5O2/c1-9-3-6-12(7-10(9)2)22-16(20-15(21-22)11-4-5-11)13-8-14(23)19-17(24)18-13/h3,6-7,11,13H,4-5,8H2,1-2H3,(H2,18,19,23,24)/t13-/m1/s1. The highest BCUT2D eigenvalue weighted by atomic mass is 16.2. The minimum absolute atomic E-state index is 0.166. The zero-order valence-corrected chi connectivity index (χ0v) is 13.7. The number of benzene rings is 1. The third-order valence-corrected chi connectivity index (χ3v) is 4.59. The Bertz CT molecular complexity index is 822. The number of aryl methyl sites for hydroxylation is 2. The Morgan fingerprint density at radius 3 is 2.62 bits per heavy atom. The van der Waals surface area contributed by atoms with Crippen LogP contribution in [-0.2, 0) is 4.79 Å². The van der Waals surface area contributed by atoms with Gasteiger partial charge in [-0.05, 0) is 49.9 Å². The number of hydrogen-bond acceptors (Lipinski definition) is 4. The SMILES string of the molecule is Cc1ccc(-n2nc(C3CC3)nc2[C@H]2CC(=O)NC(=O)N2)cc1C. The Kier molecular flexibility index (Phi) is 3.37. The van der Waals surface area contributed by atoms with Gasteiger partial charge in [-0.25, -0.2) is 14.5 Å². The molecular formula is C17H19N5O2. The maximum atomic E-state index is 11.7.